The van der Waals surface area contributed by atoms with Crippen LogP contribution in [-0.2, 0) is 12.0 Å². The summed E-state index contributed by atoms with van der Waals surface area (Å²) in [6.45, 7) is 3.94. The van der Waals surface area contributed by atoms with E-state index in [0.717, 1.165) is 30.4 Å². The molecule has 27 heavy (non-hydrogen) atoms. The lowest BCUT2D eigenvalue weighted by Gasteiger charge is -2.47. The van der Waals surface area contributed by atoms with E-state index in [-0.39, 0.29) is 5.92 Å². The standard InChI is InChI=1S/C22H26Cl3NO/c1-21(2,26)18-5-3-4-12-22(18,27)17-11-8-15(19(24)20(17)25)13-14-6-9-16(23)10-7-14/h6-11,18,27H,3-5,12-13,26H2,1-2H3. The molecule has 146 valence electrons. The number of benzene rings is 2. The number of hydrogen-bond donors (Lipinski definition) is 2. The van der Waals surface area contributed by atoms with Gasteiger partial charge in [0.25, 0.3) is 0 Å². The molecule has 1 fully saturated rings. The molecule has 1 aliphatic rings. The summed E-state index contributed by atoms with van der Waals surface area (Å²) in [5.74, 6) is -0.0746. The molecule has 1 aliphatic carbocycles. The summed E-state index contributed by atoms with van der Waals surface area (Å²) in [6.07, 6.45) is 4.18. The van der Waals surface area contributed by atoms with Gasteiger partial charge in [-0.15, -0.1) is 0 Å². The Morgan fingerprint density at radius 1 is 1.04 bits per heavy atom. The Morgan fingerprint density at radius 3 is 2.33 bits per heavy atom. The van der Waals surface area contributed by atoms with Gasteiger partial charge in [-0.3, -0.25) is 0 Å². The topological polar surface area (TPSA) is 46.2 Å². The van der Waals surface area contributed by atoms with Crippen LogP contribution in [0.15, 0.2) is 36.4 Å². The molecule has 5 heteroatoms. The number of aliphatic hydroxyl groups is 1. The monoisotopic (exact) mass is 425 g/mol. The van der Waals surface area contributed by atoms with Crippen molar-refractivity contribution in [1.29, 1.82) is 0 Å². The lowest BCUT2D eigenvalue weighted by molar-refractivity contribution is -0.0785. The van der Waals surface area contributed by atoms with E-state index in [1.165, 1.54) is 0 Å². The molecule has 2 atom stereocenters. The Labute approximate surface area is 176 Å². The van der Waals surface area contributed by atoms with Crippen LogP contribution in [-0.4, -0.2) is 10.6 Å². The van der Waals surface area contributed by atoms with Crippen molar-refractivity contribution in [2.45, 2.75) is 57.1 Å². The molecule has 0 spiro atoms. The van der Waals surface area contributed by atoms with E-state index in [4.69, 9.17) is 40.5 Å². The van der Waals surface area contributed by atoms with Crippen LogP contribution in [0.5, 0.6) is 0 Å². The largest absolute Gasteiger partial charge is 0.385 e. The highest BCUT2D eigenvalue weighted by Gasteiger charge is 2.47. The van der Waals surface area contributed by atoms with Crippen LogP contribution in [0.2, 0.25) is 15.1 Å². The minimum absolute atomic E-state index is 0.0746. The van der Waals surface area contributed by atoms with Crippen LogP contribution in [0.1, 0.15) is 56.2 Å². The minimum atomic E-state index is -1.06. The van der Waals surface area contributed by atoms with Crippen molar-refractivity contribution < 1.29 is 5.11 Å². The Morgan fingerprint density at radius 2 is 1.70 bits per heavy atom. The van der Waals surface area contributed by atoms with Crippen LogP contribution in [0.25, 0.3) is 0 Å². The molecule has 2 aromatic rings. The first-order valence-electron chi connectivity index (χ1n) is 9.36. The Bertz CT molecular complexity index is 814. The normalized spacial score (nSPS) is 23.4. The maximum atomic E-state index is 11.6. The van der Waals surface area contributed by atoms with Crippen molar-refractivity contribution in [3.8, 4) is 0 Å². The number of hydrogen-bond acceptors (Lipinski definition) is 2. The van der Waals surface area contributed by atoms with Gasteiger partial charge in [0, 0.05) is 22.0 Å². The van der Waals surface area contributed by atoms with Crippen LogP contribution >= 0.6 is 34.8 Å². The fraction of sp³-hybridized carbons (Fsp3) is 0.455. The van der Waals surface area contributed by atoms with Crippen LogP contribution in [0, 0.1) is 5.92 Å². The van der Waals surface area contributed by atoms with Gasteiger partial charge in [-0.25, -0.2) is 0 Å². The second kappa shape index (κ2) is 7.93. The summed E-state index contributed by atoms with van der Waals surface area (Å²) in [5.41, 5.74) is 7.56. The fourth-order valence-corrected chi connectivity index (χ4v) is 5.05. The Hall–Kier alpha value is -0.770. The van der Waals surface area contributed by atoms with Crippen molar-refractivity contribution >= 4 is 34.8 Å². The van der Waals surface area contributed by atoms with Crippen molar-refractivity contribution in [3.05, 3.63) is 68.2 Å². The smallest absolute Gasteiger partial charge is 0.0956 e. The molecule has 0 bridgehead atoms. The third-order valence-electron chi connectivity index (χ3n) is 5.71. The third kappa shape index (κ3) is 4.31. The van der Waals surface area contributed by atoms with Crippen LogP contribution in [0.3, 0.4) is 0 Å². The zero-order valence-electron chi connectivity index (χ0n) is 15.7. The van der Waals surface area contributed by atoms with Crippen LogP contribution in [0.4, 0.5) is 0 Å². The Balaban J connectivity index is 1.97. The third-order valence-corrected chi connectivity index (χ3v) is 6.88. The van der Waals surface area contributed by atoms with Gasteiger partial charge in [-0.1, -0.05) is 71.9 Å². The SMILES string of the molecule is CC(C)(N)C1CCCCC1(O)c1ccc(Cc2ccc(Cl)cc2)c(Cl)c1Cl. The predicted octanol–water partition coefficient (Wildman–Crippen LogP) is 6.35. The zero-order chi connectivity index (χ0) is 19.8. The van der Waals surface area contributed by atoms with Gasteiger partial charge in [0.1, 0.15) is 0 Å². The Kier molecular flexibility index (Phi) is 6.15. The highest BCUT2D eigenvalue weighted by molar-refractivity contribution is 6.43. The molecule has 0 aliphatic heterocycles. The maximum absolute atomic E-state index is 11.6. The van der Waals surface area contributed by atoms with Crippen LogP contribution < -0.4 is 5.73 Å². The van der Waals surface area contributed by atoms with Gasteiger partial charge in [0.05, 0.1) is 15.6 Å². The van der Waals surface area contributed by atoms with Gasteiger partial charge in [-0.05, 0) is 56.4 Å². The predicted molar refractivity (Wildman–Crippen MR) is 115 cm³/mol. The number of nitrogens with two attached hydrogens (primary N) is 1. The molecule has 2 aromatic carbocycles. The summed E-state index contributed by atoms with van der Waals surface area (Å²) < 4.78 is 0. The highest BCUT2D eigenvalue weighted by atomic mass is 35.5. The average Bonchev–Trinajstić information content (AvgIpc) is 2.60. The first-order chi connectivity index (χ1) is 12.6. The second-order valence-corrected chi connectivity index (χ2v) is 9.44. The minimum Gasteiger partial charge on any atom is -0.385 e. The first-order valence-corrected chi connectivity index (χ1v) is 10.5. The van der Waals surface area contributed by atoms with E-state index in [1.807, 2.05) is 50.2 Å². The van der Waals surface area contributed by atoms with Gasteiger partial charge in [0.15, 0.2) is 0 Å². The summed E-state index contributed by atoms with van der Waals surface area (Å²) >= 11 is 19.3. The molecular formula is C22H26Cl3NO. The average molecular weight is 427 g/mol. The molecule has 0 aromatic heterocycles. The summed E-state index contributed by atoms with van der Waals surface area (Å²) in [5, 5.41) is 13.2. The van der Waals surface area contributed by atoms with Gasteiger partial charge in [0.2, 0.25) is 0 Å². The van der Waals surface area contributed by atoms with E-state index in [1.54, 1.807) is 0 Å². The molecular weight excluding hydrogens is 401 g/mol. The number of halogens is 3. The van der Waals surface area contributed by atoms with Gasteiger partial charge >= 0.3 is 0 Å². The molecule has 3 N–H and O–H groups in total. The molecule has 2 nitrogen and oxygen atoms in total. The van der Waals surface area contributed by atoms with E-state index in [9.17, 15) is 5.11 Å². The first kappa shape index (κ1) is 21.0. The molecule has 0 heterocycles. The van der Waals surface area contributed by atoms with E-state index in [2.05, 4.69) is 0 Å². The maximum Gasteiger partial charge on any atom is 0.0956 e. The van der Waals surface area contributed by atoms with Crippen molar-refractivity contribution in [3.63, 3.8) is 0 Å². The quantitative estimate of drug-likeness (QED) is 0.598. The molecule has 0 saturated heterocycles. The lowest BCUT2D eigenvalue weighted by atomic mass is 9.64. The summed E-state index contributed by atoms with van der Waals surface area (Å²) in [4.78, 5) is 0. The lowest BCUT2D eigenvalue weighted by Crippen LogP contribution is -2.53. The second-order valence-electron chi connectivity index (χ2n) is 8.25. The molecule has 0 amide bonds. The zero-order valence-corrected chi connectivity index (χ0v) is 18.0. The molecule has 1 saturated carbocycles. The van der Waals surface area contributed by atoms with E-state index in [0.29, 0.717) is 33.5 Å². The number of rotatable bonds is 4. The van der Waals surface area contributed by atoms with Crippen molar-refractivity contribution in [2.24, 2.45) is 11.7 Å². The van der Waals surface area contributed by atoms with Gasteiger partial charge in [-0.2, -0.15) is 0 Å². The summed E-state index contributed by atoms with van der Waals surface area (Å²) in [7, 11) is 0. The molecule has 2 unspecified atom stereocenters. The highest BCUT2D eigenvalue weighted by Crippen LogP contribution is 2.49. The molecule has 0 radical (unpaired) electrons. The van der Waals surface area contributed by atoms with Crippen molar-refractivity contribution in [1.82, 2.24) is 0 Å². The van der Waals surface area contributed by atoms with Gasteiger partial charge < -0.3 is 10.8 Å². The van der Waals surface area contributed by atoms with Crippen molar-refractivity contribution in [2.75, 3.05) is 0 Å². The van der Waals surface area contributed by atoms with E-state index >= 15 is 0 Å². The fourth-order valence-electron chi connectivity index (χ4n) is 4.35. The van der Waals surface area contributed by atoms with E-state index < -0.39 is 11.1 Å². The summed E-state index contributed by atoms with van der Waals surface area (Å²) in [6, 6.07) is 11.6. The molecule has 3 rings (SSSR count).